The highest BCUT2D eigenvalue weighted by atomic mass is 35.5. The number of para-hydroxylation sites is 1. The Hall–Kier alpha value is -3.70. The van der Waals surface area contributed by atoms with Gasteiger partial charge in [0.15, 0.2) is 0 Å². The van der Waals surface area contributed by atoms with Gasteiger partial charge in [-0.05, 0) is 104 Å². The van der Waals surface area contributed by atoms with E-state index in [9.17, 15) is 14.7 Å². The molecular weight excluding hydrogens is 508 g/mol. The molecule has 1 heterocycles. The maximum absolute atomic E-state index is 13.7. The second-order valence-electron chi connectivity index (χ2n) is 10.6. The molecule has 1 saturated carbocycles. The topological polar surface area (TPSA) is 79.3 Å². The number of pyridine rings is 1. The van der Waals surface area contributed by atoms with Gasteiger partial charge in [-0.3, -0.25) is 14.6 Å². The van der Waals surface area contributed by atoms with Crippen LogP contribution < -0.4 is 5.32 Å². The van der Waals surface area contributed by atoms with Crippen molar-refractivity contribution in [1.29, 1.82) is 0 Å². The molecule has 5 nitrogen and oxygen atoms in total. The fourth-order valence-electron chi connectivity index (χ4n) is 5.89. The molecule has 1 aliphatic carbocycles. The van der Waals surface area contributed by atoms with Crippen molar-refractivity contribution in [3.8, 4) is 0 Å². The molecule has 0 saturated heterocycles. The number of carbonyl (C=O) groups is 2. The van der Waals surface area contributed by atoms with Gasteiger partial charge >= 0.3 is 5.97 Å². The summed E-state index contributed by atoms with van der Waals surface area (Å²) in [4.78, 5) is 29.6. The Bertz CT molecular complexity index is 1440. The van der Waals surface area contributed by atoms with Gasteiger partial charge in [0.1, 0.15) is 0 Å². The van der Waals surface area contributed by atoms with E-state index in [2.05, 4.69) is 34.6 Å². The first-order valence-corrected chi connectivity index (χ1v) is 14.0. The zero-order valence-electron chi connectivity index (χ0n) is 22.0. The van der Waals surface area contributed by atoms with Crippen LogP contribution in [-0.2, 0) is 16.0 Å². The third kappa shape index (κ3) is 6.31. The Kier molecular flexibility index (Phi) is 8.27. The molecule has 0 radical (unpaired) electrons. The molecule has 39 heavy (non-hydrogen) atoms. The van der Waals surface area contributed by atoms with E-state index in [1.807, 2.05) is 48.7 Å². The van der Waals surface area contributed by atoms with Gasteiger partial charge in [-0.25, -0.2) is 0 Å². The second kappa shape index (κ2) is 12.0. The quantitative estimate of drug-likeness (QED) is 0.238. The third-order valence-electron chi connectivity index (χ3n) is 8.22. The highest BCUT2D eigenvalue weighted by Gasteiger charge is 2.33. The van der Waals surface area contributed by atoms with Gasteiger partial charge < -0.3 is 10.4 Å². The predicted molar refractivity (Wildman–Crippen MR) is 156 cm³/mol. The van der Waals surface area contributed by atoms with Gasteiger partial charge in [0, 0.05) is 28.2 Å². The van der Waals surface area contributed by atoms with E-state index in [0.29, 0.717) is 17.4 Å². The van der Waals surface area contributed by atoms with Gasteiger partial charge in [0.05, 0.1) is 11.4 Å². The normalized spacial score (nSPS) is 18.8. The standard InChI is InChI=1S/C33H33ClN2O3/c1-21(33(38)39)23-8-6-22(7-9-23)20-30(32(37)36-27-16-14-26(34)15-17-27)25-12-10-24(11-13-25)28-18-19-35-31-5-3-2-4-29(28)31/h2-9,14-19,21,24-25,30H,10-13,20H2,1H3,(H,36,37)(H,38,39). The molecule has 1 aromatic heterocycles. The van der Waals surface area contributed by atoms with Crippen LogP contribution in [0, 0.1) is 11.8 Å². The molecule has 0 spiro atoms. The lowest BCUT2D eigenvalue weighted by atomic mass is 9.71. The smallest absolute Gasteiger partial charge is 0.310 e. The number of fused-ring (bicyclic) bond motifs is 1. The van der Waals surface area contributed by atoms with Crippen LogP contribution in [0.25, 0.3) is 10.9 Å². The summed E-state index contributed by atoms with van der Waals surface area (Å²) in [5.74, 6) is -0.897. The fraction of sp³-hybridized carbons (Fsp3) is 0.303. The molecule has 1 fully saturated rings. The summed E-state index contributed by atoms with van der Waals surface area (Å²) in [6.45, 7) is 1.68. The number of amides is 1. The van der Waals surface area contributed by atoms with Gasteiger partial charge in [-0.15, -0.1) is 0 Å². The van der Waals surface area contributed by atoms with Gasteiger partial charge in [-0.2, -0.15) is 0 Å². The van der Waals surface area contributed by atoms with E-state index in [1.54, 1.807) is 19.1 Å². The zero-order valence-corrected chi connectivity index (χ0v) is 22.8. The molecule has 1 aliphatic rings. The first-order chi connectivity index (χ1) is 18.9. The monoisotopic (exact) mass is 540 g/mol. The van der Waals surface area contributed by atoms with Crippen molar-refractivity contribution in [3.63, 3.8) is 0 Å². The molecule has 4 aromatic rings. The molecular formula is C33H33ClN2O3. The Morgan fingerprint density at radius 3 is 2.33 bits per heavy atom. The number of nitrogens with one attached hydrogen (secondary N) is 1. The third-order valence-corrected chi connectivity index (χ3v) is 8.47. The second-order valence-corrected chi connectivity index (χ2v) is 11.1. The fourth-order valence-corrected chi connectivity index (χ4v) is 6.01. The van der Waals surface area contributed by atoms with Crippen molar-refractivity contribution in [1.82, 2.24) is 4.98 Å². The van der Waals surface area contributed by atoms with E-state index in [0.717, 1.165) is 48.0 Å². The van der Waals surface area contributed by atoms with E-state index < -0.39 is 11.9 Å². The molecule has 2 N–H and O–H groups in total. The minimum Gasteiger partial charge on any atom is -0.481 e. The summed E-state index contributed by atoms with van der Waals surface area (Å²) >= 11 is 6.04. The number of aromatic nitrogens is 1. The van der Waals surface area contributed by atoms with Crippen LogP contribution >= 0.6 is 11.6 Å². The van der Waals surface area contributed by atoms with Gasteiger partial charge in [0.2, 0.25) is 5.91 Å². The predicted octanol–water partition coefficient (Wildman–Crippen LogP) is 7.85. The van der Waals surface area contributed by atoms with Crippen LogP contribution in [-0.4, -0.2) is 22.0 Å². The lowest BCUT2D eigenvalue weighted by Gasteiger charge is -2.34. The molecule has 0 aliphatic heterocycles. The minimum atomic E-state index is -0.846. The average molecular weight is 541 g/mol. The summed E-state index contributed by atoms with van der Waals surface area (Å²) in [5.41, 5.74) is 4.91. The lowest BCUT2D eigenvalue weighted by Crippen LogP contribution is -2.33. The maximum Gasteiger partial charge on any atom is 0.310 e. The van der Waals surface area contributed by atoms with Gasteiger partial charge in [0.25, 0.3) is 0 Å². The number of aliphatic carboxylic acids is 1. The first-order valence-electron chi connectivity index (χ1n) is 13.6. The molecule has 3 aromatic carbocycles. The first kappa shape index (κ1) is 26.9. The summed E-state index contributed by atoms with van der Waals surface area (Å²) in [7, 11) is 0. The van der Waals surface area contributed by atoms with Crippen molar-refractivity contribution in [2.45, 2.75) is 50.9 Å². The van der Waals surface area contributed by atoms with Crippen molar-refractivity contribution in [2.75, 3.05) is 5.32 Å². The number of rotatable bonds is 8. The highest BCUT2D eigenvalue weighted by Crippen LogP contribution is 2.41. The molecule has 2 atom stereocenters. The largest absolute Gasteiger partial charge is 0.481 e. The summed E-state index contributed by atoms with van der Waals surface area (Å²) in [6.07, 6.45) is 6.49. The summed E-state index contributed by atoms with van der Waals surface area (Å²) in [5, 5.41) is 14.3. The number of benzene rings is 3. The average Bonchev–Trinajstić information content (AvgIpc) is 2.97. The number of carboxylic acids is 1. The Morgan fingerprint density at radius 2 is 1.64 bits per heavy atom. The van der Waals surface area contributed by atoms with E-state index in [1.165, 1.54) is 10.9 Å². The SMILES string of the molecule is CC(C(=O)O)c1ccc(CC(C(=O)Nc2ccc(Cl)cc2)C2CCC(c3ccnc4ccccc34)CC2)cc1. The molecule has 5 rings (SSSR count). The zero-order chi connectivity index (χ0) is 27.4. The van der Waals surface area contributed by atoms with Crippen molar-refractivity contribution >= 4 is 40.1 Å². The van der Waals surface area contributed by atoms with Crippen LogP contribution in [0.15, 0.2) is 85.1 Å². The van der Waals surface area contributed by atoms with Crippen molar-refractivity contribution < 1.29 is 14.7 Å². The Balaban J connectivity index is 1.34. The van der Waals surface area contributed by atoms with Crippen molar-refractivity contribution in [2.24, 2.45) is 11.8 Å². The number of nitrogens with zero attached hydrogens (tertiary/aromatic N) is 1. The summed E-state index contributed by atoms with van der Waals surface area (Å²) in [6, 6.07) is 25.3. The number of anilines is 1. The number of halogens is 1. The number of carbonyl (C=O) groups excluding carboxylic acids is 1. The van der Waals surface area contributed by atoms with E-state index in [-0.39, 0.29) is 17.7 Å². The number of carboxylic acid groups (broad SMARTS) is 1. The molecule has 6 heteroatoms. The van der Waals surface area contributed by atoms with Gasteiger partial charge in [-0.1, -0.05) is 54.1 Å². The Labute approximate surface area is 234 Å². The Morgan fingerprint density at radius 1 is 0.949 bits per heavy atom. The van der Waals surface area contributed by atoms with Crippen LogP contribution in [0.3, 0.4) is 0 Å². The molecule has 0 bridgehead atoms. The van der Waals surface area contributed by atoms with E-state index in [4.69, 9.17) is 11.6 Å². The maximum atomic E-state index is 13.7. The van der Waals surface area contributed by atoms with Crippen molar-refractivity contribution in [3.05, 3.63) is 107 Å². The molecule has 2 unspecified atom stereocenters. The summed E-state index contributed by atoms with van der Waals surface area (Å²) < 4.78 is 0. The van der Waals surface area contributed by atoms with Crippen LogP contribution in [0.1, 0.15) is 61.1 Å². The van der Waals surface area contributed by atoms with Crippen LogP contribution in [0.4, 0.5) is 5.69 Å². The van der Waals surface area contributed by atoms with Crippen LogP contribution in [0.2, 0.25) is 5.02 Å². The number of hydrogen-bond donors (Lipinski definition) is 2. The molecule has 1 amide bonds. The minimum absolute atomic E-state index is 0.0121. The highest BCUT2D eigenvalue weighted by molar-refractivity contribution is 6.30. The number of hydrogen-bond acceptors (Lipinski definition) is 3. The van der Waals surface area contributed by atoms with E-state index >= 15 is 0 Å². The lowest BCUT2D eigenvalue weighted by molar-refractivity contribution is -0.138. The van der Waals surface area contributed by atoms with Crippen LogP contribution in [0.5, 0.6) is 0 Å². The molecule has 200 valence electrons.